The average molecular weight is 372 g/mol. The van der Waals surface area contributed by atoms with Gasteiger partial charge in [0.1, 0.15) is 6.10 Å². The Morgan fingerprint density at radius 2 is 2.22 bits per heavy atom. The predicted octanol–water partition coefficient (Wildman–Crippen LogP) is -1.27. The number of aliphatic hydroxyl groups excluding tert-OH is 2. The van der Waals surface area contributed by atoms with Crippen LogP contribution in [0.5, 0.6) is 0 Å². The molecule has 1 aromatic heterocycles. The van der Waals surface area contributed by atoms with Crippen LogP contribution in [-0.4, -0.2) is 42.5 Å². The van der Waals surface area contributed by atoms with Crippen LogP contribution in [0.2, 0.25) is 0 Å². The van der Waals surface area contributed by atoms with E-state index in [0.29, 0.717) is 6.20 Å². The predicted molar refractivity (Wildman–Crippen MR) is 66.1 cm³/mol. The molecule has 9 heteroatoms. The molecule has 4 atom stereocenters. The number of nitrogens with zero attached hydrogens (tertiary/aromatic N) is 1. The summed E-state index contributed by atoms with van der Waals surface area (Å²) in [6.07, 6.45) is -2.21. The molecule has 0 amide bonds. The van der Waals surface area contributed by atoms with Crippen LogP contribution in [0.25, 0.3) is 0 Å². The van der Waals surface area contributed by atoms with Gasteiger partial charge in [0.2, 0.25) is 5.82 Å². The molecule has 1 aliphatic rings. The van der Waals surface area contributed by atoms with Crippen molar-refractivity contribution in [3.8, 4) is 0 Å². The van der Waals surface area contributed by atoms with Crippen molar-refractivity contribution in [1.82, 2.24) is 9.55 Å². The van der Waals surface area contributed by atoms with Gasteiger partial charge in [0.25, 0.3) is 5.56 Å². The fourth-order valence-corrected chi connectivity index (χ4v) is 2.49. The Bertz CT molecular complexity index is 559. The van der Waals surface area contributed by atoms with Gasteiger partial charge in [0.05, 0.1) is 22.8 Å². The van der Waals surface area contributed by atoms with Crippen LogP contribution >= 0.6 is 22.6 Å². The van der Waals surface area contributed by atoms with Gasteiger partial charge in [-0.3, -0.25) is 14.3 Å². The quantitative estimate of drug-likeness (QED) is 0.444. The monoisotopic (exact) mass is 372 g/mol. The minimum atomic E-state index is -1.15. The first-order valence-electron chi connectivity index (χ1n) is 5.05. The average Bonchev–Trinajstić information content (AvgIpc) is 2.61. The molecule has 0 bridgehead atoms. The van der Waals surface area contributed by atoms with Gasteiger partial charge in [0, 0.05) is 0 Å². The lowest BCUT2D eigenvalue weighted by Crippen LogP contribution is -2.37. The van der Waals surface area contributed by atoms with E-state index in [1.165, 1.54) is 0 Å². The Labute approximate surface area is 113 Å². The zero-order valence-electron chi connectivity index (χ0n) is 8.92. The molecule has 0 radical (unpaired) electrons. The summed E-state index contributed by atoms with van der Waals surface area (Å²) in [6, 6.07) is 0. The van der Waals surface area contributed by atoms with E-state index in [-0.39, 0.29) is 6.61 Å². The highest BCUT2D eigenvalue weighted by Crippen LogP contribution is 2.32. The maximum atomic E-state index is 13.1. The van der Waals surface area contributed by atoms with Crippen molar-refractivity contribution in [2.75, 3.05) is 6.61 Å². The first-order valence-corrected chi connectivity index (χ1v) is 6.29. The first kappa shape index (κ1) is 13.6. The first-order chi connectivity index (χ1) is 8.45. The number of aliphatic hydroxyl groups is 2. The smallest absolute Gasteiger partial charge is 0.330 e. The molecule has 0 aliphatic carbocycles. The fourth-order valence-electron chi connectivity index (χ4n) is 1.74. The molecule has 18 heavy (non-hydrogen) atoms. The van der Waals surface area contributed by atoms with Crippen LogP contribution in [0.4, 0.5) is 4.39 Å². The lowest BCUT2D eigenvalue weighted by Gasteiger charge is -2.16. The number of alkyl halides is 1. The van der Waals surface area contributed by atoms with Crippen molar-refractivity contribution in [2.45, 2.75) is 22.4 Å². The van der Waals surface area contributed by atoms with Gasteiger partial charge in [-0.2, -0.15) is 4.39 Å². The van der Waals surface area contributed by atoms with E-state index >= 15 is 0 Å². The molecular weight excluding hydrogens is 362 g/mol. The topological polar surface area (TPSA) is 105 Å². The molecule has 1 aliphatic heterocycles. The van der Waals surface area contributed by atoms with Gasteiger partial charge in [-0.15, -0.1) is 0 Å². The Morgan fingerprint density at radius 1 is 1.56 bits per heavy atom. The number of H-pyrrole nitrogens is 1. The summed E-state index contributed by atoms with van der Waals surface area (Å²) in [5.41, 5.74) is -2.01. The van der Waals surface area contributed by atoms with Crippen LogP contribution in [-0.2, 0) is 4.74 Å². The normalized spacial score (nSPS) is 31.8. The summed E-state index contributed by atoms with van der Waals surface area (Å²) in [4.78, 5) is 24.2. The Kier molecular flexibility index (Phi) is 3.84. The highest BCUT2D eigenvalue weighted by atomic mass is 127. The van der Waals surface area contributed by atoms with Gasteiger partial charge < -0.3 is 14.9 Å². The summed E-state index contributed by atoms with van der Waals surface area (Å²) in [5.74, 6) is -1.15. The third kappa shape index (κ3) is 2.22. The highest BCUT2D eigenvalue weighted by molar-refractivity contribution is 14.1. The van der Waals surface area contributed by atoms with Gasteiger partial charge in [-0.05, 0) is 0 Å². The standard InChI is InChI=1S/C9H10FIN2O5/c10-3-1-13(9(17)12-7(3)16)8-6(15)5(11)4(2-14)18-8/h1,4-6,8,14-15H,2H2,(H,12,16,17)/t4-,5?,6-,8-/m1/s1. The number of aromatic nitrogens is 2. The van der Waals surface area contributed by atoms with Crippen LogP contribution < -0.4 is 11.2 Å². The minimum Gasteiger partial charge on any atom is -0.394 e. The zero-order valence-corrected chi connectivity index (χ0v) is 11.1. The van der Waals surface area contributed by atoms with Gasteiger partial charge in [-0.1, -0.05) is 22.6 Å². The molecule has 1 unspecified atom stereocenters. The maximum absolute atomic E-state index is 13.1. The molecule has 1 saturated heterocycles. The van der Waals surface area contributed by atoms with E-state index < -0.39 is 39.4 Å². The number of aromatic amines is 1. The summed E-state index contributed by atoms with van der Waals surface area (Å²) in [5, 5.41) is 18.9. The Hall–Kier alpha value is -0.780. The summed E-state index contributed by atoms with van der Waals surface area (Å²) in [7, 11) is 0. The van der Waals surface area contributed by atoms with Gasteiger partial charge >= 0.3 is 5.69 Å². The molecule has 3 N–H and O–H groups in total. The number of hydrogen-bond acceptors (Lipinski definition) is 5. The fraction of sp³-hybridized carbons (Fsp3) is 0.556. The Morgan fingerprint density at radius 3 is 2.78 bits per heavy atom. The molecule has 0 spiro atoms. The maximum Gasteiger partial charge on any atom is 0.330 e. The molecule has 7 nitrogen and oxygen atoms in total. The number of hydrogen-bond donors (Lipinski definition) is 3. The van der Waals surface area contributed by atoms with Crippen molar-refractivity contribution in [1.29, 1.82) is 0 Å². The van der Waals surface area contributed by atoms with Crippen LogP contribution in [0, 0.1) is 5.82 Å². The molecule has 0 aromatic carbocycles. The lowest BCUT2D eigenvalue weighted by atomic mass is 10.2. The molecule has 0 saturated carbocycles. The van der Waals surface area contributed by atoms with Gasteiger partial charge in [-0.25, -0.2) is 4.79 Å². The lowest BCUT2D eigenvalue weighted by molar-refractivity contribution is -0.0534. The van der Waals surface area contributed by atoms with Crippen LogP contribution in [0.15, 0.2) is 15.8 Å². The van der Waals surface area contributed by atoms with E-state index in [2.05, 4.69) is 0 Å². The largest absolute Gasteiger partial charge is 0.394 e. The Balaban J connectivity index is 2.42. The second-order valence-corrected chi connectivity index (χ2v) is 5.26. The second-order valence-electron chi connectivity index (χ2n) is 3.83. The van der Waals surface area contributed by atoms with E-state index in [4.69, 9.17) is 9.84 Å². The number of nitrogens with one attached hydrogen (secondary N) is 1. The zero-order chi connectivity index (χ0) is 13.4. The van der Waals surface area contributed by atoms with Crippen molar-refractivity contribution < 1.29 is 19.3 Å². The second kappa shape index (κ2) is 5.07. The highest BCUT2D eigenvalue weighted by Gasteiger charge is 2.43. The third-order valence-corrected chi connectivity index (χ3v) is 4.21. The summed E-state index contributed by atoms with van der Waals surface area (Å²) in [6.45, 7) is -0.332. The molecule has 1 fully saturated rings. The molecular formula is C9H10FIN2O5. The van der Waals surface area contributed by atoms with Crippen molar-refractivity contribution in [2.24, 2.45) is 0 Å². The number of ether oxygens (including phenoxy) is 1. The number of halogens is 2. The van der Waals surface area contributed by atoms with Crippen molar-refractivity contribution in [3.05, 3.63) is 32.9 Å². The third-order valence-electron chi connectivity index (χ3n) is 2.67. The van der Waals surface area contributed by atoms with Crippen LogP contribution in [0.1, 0.15) is 6.23 Å². The molecule has 2 heterocycles. The van der Waals surface area contributed by atoms with E-state index in [1.54, 1.807) is 4.98 Å². The van der Waals surface area contributed by atoms with E-state index in [0.717, 1.165) is 4.57 Å². The van der Waals surface area contributed by atoms with Crippen molar-refractivity contribution in [3.63, 3.8) is 0 Å². The minimum absolute atomic E-state index is 0.332. The summed E-state index contributed by atoms with van der Waals surface area (Å²) < 4.78 is 18.7. The molecule has 1 aromatic rings. The summed E-state index contributed by atoms with van der Waals surface area (Å²) >= 11 is 1.87. The van der Waals surface area contributed by atoms with E-state index in [9.17, 15) is 19.1 Å². The van der Waals surface area contributed by atoms with Crippen molar-refractivity contribution >= 4 is 22.6 Å². The number of rotatable bonds is 2. The molecule has 2 rings (SSSR count). The molecule has 100 valence electrons. The van der Waals surface area contributed by atoms with Gasteiger partial charge in [0.15, 0.2) is 6.23 Å². The SMILES string of the molecule is O=c1[nH]c(=O)n([C@@H]2O[C@H](CO)C(I)[C@H]2O)cc1F. The van der Waals surface area contributed by atoms with E-state index in [1.807, 2.05) is 22.6 Å². The van der Waals surface area contributed by atoms with Crippen LogP contribution in [0.3, 0.4) is 0 Å².